The number of carbonyl (C=O) groups is 1. The zero-order valence-electron chi connectivity index (χ0n) is 16.3. The quantitative estimate of drug-likeness (QED) is 0.834. The lowest BCUT2D eigenvalue weighted by atomic mass is 10.0. The zero-order chi connectivity index (χ0) is 18.9. The summed E-state index contributed by atoms with van der Waals surface area (Å²) in [7, 11) is 0. The van der Waals surface area contributed by atoms with E-state index >= 15 is 0 Å². The summed E-state index contributed by atoms with van der Waals surface area (Å²) in [6.45, 7) is 12.0. The van der Waals surface area contributed by atoms with Crippen LogP contribution < -0.4 is 0 Å². The highest BCUT2D eigenvalue weighted by Crippen LogP contribution is 2.30. The van der Waals surface area contributed by atoms with Gasteiger partial charge in [0.2, 0.25) is 0 Å². The summed E-state index contributed by atoms with van der Waals surface area (Å²) in [6, 6.07) is 6.26. The maximum atomic E-state index is 12.3. The summed E-state index contributed by atoms with van der Waals surface area (Å²) in [5, 5.41) is 4.36. The van der Waals surface area contributed by atoms with Crippen molar-refractivity contribution in [1.29, 1.82) is 0 Å². The second kappa shape index (κ2) is 7.09. The molecule has 0 N–H and O–H groups in total. The van der Waals surface area contributed by atoms with E-state index in [9.17, 15) is 4.79 Å². The van der Waals surface area contributed by atoms with Gasteiger partial charge in [-0.1, -0.05) is 0 Å². The fourth-order valence-corrected chi connectivity index (χ4v) is 3.38. The summed E-state index contributed by atoms with van der Waals surface area (Å²) in [5.74, 6) is 0.235. The molecule has 0 saturated carbocycles. The fourth-order valence-electron chi connectivity index (χ4n) is 3.38. The molecule has 0 spiro atoms. The Morgan fingerprint density at radius 3 is 2.81 bits per heavy atom. The zero-order valence-corrected chi connectivity index (χ0v) is 16.3. The van der Waals surface area contributed by atoms with E-state index in [1.54, 1.807) is 4.90 Å². The Morgan fingerprint density at radius 2 is 2.12 bits per heavy atom. The maximum absolute atomic E-state index is 12.3. The average molecular weight is 356 g/mol. The molecule has 2 aromatic heterocycles. The molecule has 1 atom stereocenters. The molecule has 0 radical (unpaired) electrons. The summed E-state index contributed by atoms with van der Waals surface area (Å²) in [6.07, 6.45) is 2.49. The van der Waals surface area contributed by atoms with Gasteiger partial charge in [0, 0.05) is 48.7 Å². The number of amides is 1. The lowest BCUT2D eigenvalue weighted by Crippen LogP contribution is -2.35. The number of aryl methyl sites for hydroxylation is 2. The van der Waals surface area contributed by atoms with Crippen molar-refractivity contribution in [3.8, 4) is 11.3 Å². The molecule has 6 heteroatoms. The standard InChI is InChI=1S/C20H28N4O2/c1-6-24-18(7-9-21-24)16-11-14(2)22-17(12-16)15-8-10-23(13-15)19(25)26-20(3,4)5/h7,9,11-12,15H,6,8,10,13H2,1-5H3/t15-/m0/s1. The normalized spacial score (nSPS) is 17.6. The molecule has 3 rings (SSSR count). The Kier molecular flexibility index (Phi) is 5.03. The minimum absolute atomic E-state index is 0.235. The molecule has 1 fully saturated rings. The molecule has 6 nitrogen and oxygen atoms in total. The second-order valence-electron chi connectivity index (χ2n) is 7.87. The molecule has 0 bridgehead atoms. The van der Waals surface area contributed by atoms with Crippen LogP contribution in [0.4, 0.5) is 4.79 Å². The van der Waals surface area contributed by atoms with Gasteiger partial charge < -0.3 is 9.64 Å². The van der Waals surface area contributed by atoms with Gasteiger partial charge in [-0.05, 0) is 59.2 Å². The second-order valence-corrected chi connectivity index (χ2v) is 7.87. The molecule has 1 amide bonds. The van der Waals surface area contributed by atoms with Gasteiger partial charge >= 0.3 is 6.09 Å². The van der Waals surface area contributed by atoms with Gasteiger partial charge in [0.15, 0.2) is 0 Å². The minimum Gasteiger partial charge on any atom is -0.444 e. The van der Waals surface area contributed by atoms with Gasteiger partial charge in [0.05, 0.1) is 5.69 Å². The number of pyridine rings is 1. The number of aromatic nitrogens is 3. The van der Waals surface area contributed by atoms with Crippen LogP contribution in [0.25, 0.3) is 11.3 Å². The number of hydrogen-bond acceptors (Lipinski definition) is 4. The lowest BCUT2D eigenvalue weighted by Gasteiger charge is -2.24. The van der Waals surface area contributed by atoms with Gasteiger partial charge in [0.1, 0.15) is 5.60 Å². The molecule has 0 aromatic carbocycles. The molecule has 140 valence electrons. The molecule has 26 heavy (non-hydrogen) atoms. The Balaban J connectivity index is 1.79. The van der Waals surface area contributed by atoms with Gasteiger partial charge in [-0.25, -0.2) is 4.79 Å². The molecule has 2 aromatic rings. The van der Waals surface area contributed by atoms with Crippen molar-refractivity contribution >= 4 is 6.09 Å². The van der Waals surface area contributed by atoms with Crippen LogP contribution in [0.15, 0.2) is 24.4 Å². The van der Waals surface area contributed by atoms with Crippen LogP contribution in [0.5, 0.6) is 0 Å². The van der Waals surface area contributed by atoms with Crippen LogP contribution in [0, 0.1) is 6.92 Å². The smallest absolute Gasteiger partial charge is 0.410 e. The van der Waals surface area contributed by atoms with Crippen molar-refractivity contribution in [2.45, 2.75) is 59.1 Å². The SMILES string of the molecule is CCn1nccc1-c1cc(C)nc([C@H]2CCN(C(=O)OC(C)(C)C)C2)c1. The van der Waals surface area contributed by atoms with Crippen LogP contribution in [-0.4, -0.2) is 44.4 Å². The molecule has 1 saturated heterocycles. The van der Waals surface area contributed by atoms with E-state index in [1.807, 2.05) is 44.6 Å². The Labute approximate surface area is 155 Å². The highest BCUT2D eigenvalue weighted by molar-refractivity contribution is 5.68. The van der Waals surface area contributed by atoms with Crippen molar-refractivity contribution in [3.05, 3.63) is 35.8 Å². The van der Waals surface area contributed by atoms with E-state index in [0.29, 0.717) is 13.1 Å². The van der Waals surface area contributed by atoms with E-state index in [1.165, 1.54) is 0 Å². The Bertz CT molecular complexity index is 791. The number of likely N-dealkylation sites (tertiary alicyclic amines) is 1. The monoisotopic (exact) mass is 356 g/mol. The first-order chi connectivity index (χ1) is 12.3. The predicted octanol–water partition coefficient (Wildman–Crippen LogP) is 4.00. The largest absolute Gasteiger partial charge is 0.444 e. The number of hydrogen-bond donors (Lipinski definition) is 0. The first-order valence-corrected chi connectivity index (χ1v) is 9.25. The van der Waals surface area contributed by atoms with Crippen LogP contribution in [0.1, 0.15) is 51.4 Å². The van der Waals surface area contributed by atoms with Gasteiger partial charge in [-0.15, -0.1) is 0 Å². The molecule has 1 aliphatic heterocycles. The minimum atomic E-state index is -0.470. The van der Waals surface area contributed by atoms with Crippen molar-refractivity contribution in [1.82, 2.24) is 19.7 Å². The summed E-state index contributed by atoms with van der Waals surface area (Å²) < 4.78 is 7.48. The Hall–Kier alpha value is -2.37. The number of ether oxygens (including phenoxy) is 1. The van der Waals surface area contributed by atoms with Gasteiger partial charge in [-0.3, -0.25) is 9.67 Å². The van der Waals surface area contributed by atoms with Crippen molar-refractivity contribution in [2.24, 2.45) is 0 Å². The Morgan fingerprint density at radius 1 is 1.35 bits per heavy atom. The third-order valence-electron chi connectivity index (χ3n) is 4.54. The topological polar surface area (TPSA) is 60.2 Å². The first kappa shape index (κ1) is 18.4. The third-order valence-corrected chi connectivity index (χ3v) is 4.54. The van der Waals surface area contributed by atoms with Crippen molar-refractivity contribution in [2.75, 3.05) is 13.1 Å². The van der Waals surface area contributed by atoms with E-state index in [-0.39, 0.29) is 12.0 Å². The fraction of sp³-hybridized carbons (Fsp3) is 0.550. The average Bonchev–Trinajstić information content (AvgIpc) is 3.22. The van der Waals surface area contributed by atoms with E-state index in [0.717, 1.165) is 35.6 Å². The third kappa shape index (κ3) is 4.06. The molecular weight excluding hydrogens is 328 g/mol. The first-order valence-electron chi connectivity index (χ1n) is 9.25. The van der Waals surface area contributed by atoms with E-state index in [4.69, 9.17) is 9.72 Å². The lowest BCUT2D eigenvalue weighted by molar-refractivity contribution is 0.0292. The molecule has 0 unspecified atom stereocenters. The molecule has 0 aliphatic carbocycles. The summed E-state index contributed by atoms with van der Waals surface area (Å²) in [5.41, 5.74) is 3.78. The van der Waals surface area contributed by atoms with Crippen molar-refractivity contribution in [3.63, 3.8) is 0 Å². The molecular formula is C20H28N4O2. The van der Waals surface area contributed by atoms with E-state index in [2.05, 4.69) is 24.2 Å². The van der Waals surface area contributed by atoms with Gasteiger partial charge in [0.25, 0.3) is 0 Å². The van der Waals surface area contributed by atoms with Crippen LogP contribution >= 0.6 is 0 Å². The highest BCUT2D eigenvalue weighted by atomic mass is 16.6. The van der Waals surface area contributed by atoms with Gasteiger partial charge in [-0.2, -0.15) is 5.10 Å². The summed E-state index contributed by atoms with van der Waals surface area (Å²) in [4.78, 5) is 18.8. The summed E-state index contributed by atoms with van der Waals surface area (Å²) >= 11 is 0. The number of carbonyl (C=O) groups excluding carboxylic acids is 1. The number of nitrogens with zero attached hydrogens (tertiary/aromatic N) is 4. The molecule has 3 heterocycles. The number of rotatable bonds is 3. The van der Waals surface area contributed by atoms with Crippen LogP contribution in [0.2, 0.25) is 0 Å². The predicted molar refractivity (Wildman–Crippen MR) is 101 cm³/mol. The van der Waals surface area contributed by atoms with E-state index < -0.39 is 5.60 Å². The van der Waals surface area contributed by atoms with Crippen LogP contribution in [0.3, 0.4) is 0 Å². The molecule has 1 aliphatic rings. The van der Waals surface area contributed by atoms with Crippen molar-refractivity contribution < 1.29 is 9.53 Å². The maximum Gasteiger partial charge on any atom is 0.410 e. The van der Waals surface area contributed by atoms with Crippen LogP contribution in [-0.2, 0) is 11.3 Å². The highest BCUT2D eigenvalue weighted by Gasteiger charge is 2.31.